The molecule has 0 saturated heterocycles. The summed E-state index contributed by atoms with van der Waals surface area (Å²) in [5.41, 5.74) is 6.20. The minimum absolute atomic E-state index is 0.0135. The third kappa shape index (κ3) is 5.40. The van der Waals surface area contributed by atoms with Gasteiger partial charge >= 0.3 is 0 Å². The van der Waals surface area contributed by atoms with Gasteiger partial charge in [0.15, 0.2) is 6.61 Å². The van der Waals surface area contributed by atoms with E-state index in [0.29, 0.717) is 11.4 Å². The average molecular weight is 284 g/mol. The van der Waals surface area contributed by atoms with Crippen LogP contribution in [0.2, 0.25) is 0 Å². The molecular formula is C13H20N2O3S. The van der Waals surface area contributed by atoms with E-state index in [1.165, 1.54) is 11.8 Å². The summed E-state index contributed by atoms with van der Waals surface area (Å²) in [7, 11) is 0. The van der Waals surface area contributed by atoms with Gasteiger partial charge < -0.3 is 20.9 Å². The first-order chi connectivity index (χ1) is 9.06. The number of nitrogens with two attached hydrogens (primary N) is 1. The Balaban J connectivity index is 2.37. The molecule has 0 spiro atoms. The van der Waals surface area contributed by atoms with Crippen LogP contribution in [0.1, 0.15) is 6.92 Å². The lowest BCUT2D eigenvalue weighted by molar-refractivity contribution is -0.123. The van der Waals surface area contributed by atoms with E-state index in [9.17, 15) is 4.79 Å². The molecule has 2 atom stereocenters. The Bertz CT molecular complexity index is 393. The van der Waals surface area contributed by atoms with Crippen LogP contribution in [0.3, 0.4) is 0 Å². The summed E-state index contributed by atoms with van der Waals surface area (Å²) in [6.45, 7) is 1.83. The number of anilines is 1. The molecular weight excluding hydrogens is 264 g/mol. The fourth-order valence-electron chi connectivity index (χ4n) is 1.54. The lowest BCUT2D eigenvalue weighted by atomic mass is 10.2. The summed E-state index contributed by atoms with van der Waals surface area (Å²) in [6.07, 6.45) is 1.90. The van der Waals surface area contributed by atoms with E-state index >= 15 is 0 Å². The minimum Gasteiger partial charge on any atom is -0.484 e. The fourth-order valence-corrected chi connectivity index (χ4v) is 2.16. The van der Waals surface area contributed by atoms with E-state index in [2.05, 4.69) is 5.32 Å². The summed E-state index contributed by atoms with van der Waals surface area (Å²) in [5.74, 6) is 0.386. The number of aliphatic hydroxyl groups is 1. The predicted molar refractivity (Wildman–Crippen MR) is 78.3 cm³/mol. The Labute approximate surface area is 117 Å². The highest BCUT2D eigenvalue weighted by atomic mass is 32.2. The Morgan fingerprint density at radius 2 is 2.11 bits per heavy atom. The summed E-state index contributed by atoms with van der Waals surface area (Å²) >= 11 is 1.52. The molecule has 5 nitrogen and oxygen atoms in total. The first-order valence-corrected chi connectivity index (χ1v) is 7.27. The highest BCUT2D eigenvalue weighted by Crippen LogP contribution is 2.13. The number of benzene rings is 1. The molecule has 0 aromatic heterocycles. The number of carbonyl (C=O) groups is 1. The lowest BCUT2D eigenvalue weighted by Gasteiger charge is -2.21. The van der Waals surface area contributed by atoms with Gasteiger partial charge in [-0.25, -0.2) is 0 Å². The Kier molecular flexibility index (Phi) is 6.52. The highest BCUT2D eigenvalue weighted by molar-refractivity contribution is 7.99. The predicted octanol–water partition coefficient (Wildman–Crippen LogP) is 0.876. The van der Waals surface area contributed by atoms with Gasteiger partial charge in [-0.05, 0) is 37.4 Å². The third-order valence-electron chi connectivity index (χ3n) is 2.68. The highest BCUT2D eigenvalue weighted by Gasteiger charge is 2.17. The van der Waals surface area contributed by atoms with Crippen LogP contribution in [0.15, 0.2) is 24.3 Å². The second-order valence-electron chi connectivity index (χ2n) is 4.17. The van der Waals surface area contributed by atoms with Gasteiger partial charge in [0.2, 0.25) is 0 Å². The molecule has 0 bridgehead atoms. The standard InChI is InChI=1S/C13H20N2O3S/c1-9(12(7-16)19-2)15-13(17)8-18-11-5-3-10(14)4-6-11/h3-6,9,12,16H,7-8,14H2,1-2H3,(H,15,17). The van der Waals surface area contributed by atoms with Gasteiger partial charge in [0, 0.05) is 17.0 Å². The molecule has 0 fully saturated rings. The van der Waals surface area contributed by atoms with Crippen LogP contribution < -0.4 is 15.8 Å². The second kappa shape index (κ2) is 7.91. The van der Waals surface area contributed by atoms with Gasteiger partial charge in [-0.3, -0.25) is 4.79 Å². The summed E-state index contributed by atoms with van der Waals surface area (Å²) in [4.78, 5) is 11.7. The van der Waals surface area contributed by atoms with Crippen LogP contribution in [0.4, 0.5) is 5.69 Å². The van der Waals surface area contributed by atoms with Crippen LogP contribution in [0, 0.1) is 0 Å². The largest absolute Gasteiger partial charge is 0.484 e. The molecule has 6 heteroatoms. The normalized spacial score (nSPS) is 13.6. The van der Waals surface area contributed by atoms with Crippen molar-refractivity contribution in [1.82, 2.24) is 5.32 Å². The third-order valence-corrected chi connectivity index (χ3v) is 3.84. The van der Waals surface area contributed by atoms with Crippen LogP contribution in [-0.2, 0) is 4.79 Å². The second-order valence-corrected chi connectivity index (χ2v) is 5.25. The zero-order valence-corrected chi connectivity index (χ0v) is 11.9. The van der Waals surface area contributed by atoms with Gasteiger partial charge in [-0.1, -0.05) is 0 Å². The molecule has 1 aromatic rings. The number of thioether (sulfide) groups is 1. The lowest BCUT2D eigenvalue weighted by Crippen LogP contribution is -2.43. The molecule has 0 heterocycles. The fraction of sp³-hybridized carbons (Fsp3) is 0.462. The van der Waals surface area contributed by atoms with Crippen LogP contribution in [0.5, 0.6) is 5.75 Å². The van der Waals surface area contributed by atoms with Gasteiger partial charge in [-0.15, -0.1) is 0 Å². The van der Waals surface area contributed by atoms with Crippen LogP contribution >= 0.6 is 11.8 Å². The first-order valence-electron chi connectivity index (χ1n) is 5.98. The van der Waals surface area contributed by atoms with Crippen molar-refractivity contribution < 1.29 is 14.6 Å². The van der Waals surface area contributed by atoms with Crippen LogP contribution in [0.25, 0.3) is 0 Å². The SMILES string of the molecule is CSC(CO)C(C)NC(=O)COc1ccc(N)cc1. The number of nitrogens with one attached hydrogen (secondary N) is 1. The molecule has 1 amide bonds. The smallest absolute Gasteiger partial charge is 0.258 e. The molecule has 0 radical (unpaired) electrons. The number of nitrogen functional groups attached to an aromatic ring is 1. The van der Waals surface area contributed by atoms with Crippen molar-refractivity contribution in [3.63, 3.8) is 0 Å². The topological polar surface area (TPSA) is 84.6 Å². The molecule has 0 aliphatic heterocycles. The first kappa shape index (κ1) is 15.7. The van der Waals surface area contributed by atoms with Crippen molar-refractivity contribution >= 4 is 23.4 Å². The van der Waals surface area contributed by atoms with Gasteiger partial charge in [0.05, 0.1) is 6.61 Å². The van der Waals surface area contributed by atoms with E-state index in [1.54, 1.807) is 24.3 Å². The van der Waals surface area contributed by atoms with E-state index in [-0.39, 0.29) is 30.4 Å². The Hall–Kier alpha value is -1.40. The number of hydrogen-bond acceptors (Lipinski definition) is 5. The zero-order chi connectivity index (χ0) is 14.3. The molecule has 19 heavy (non-hydrogen) atoms. The molecule has 0 aliphatic carbocycles. The monoisotopic (exact) mass is 284 g/mol. The van der Waals surface area contributed by atoms with E-state index in [4.69, 9.17) is 15.6 Å². The maximum absolute atomic E-state index is 11.7. The van der Waals surface area contributed by atoms with Crippen molar-refractivity contribution in [2.45, 2.75) is 18.2 Å². The van der Waals surface area contributed by atoms with Crippen molar-refractivity contribution in [1.29, 1.82) is 0 Å². The maximum atomic E-state index is 11.7. The van der Waals surface area contributed by atoms with E-state index in [1.807, 2.05) is 13.2 Å². The minimum atomic E-state index is -0.211. The summed E-state index contributed by atoms with van der Waals surface area (Å²) in [6, 6.07) is 6.74. The molecule has 1 rings (SSSR count). The summed E-state index contributed by atoms with van der Waals surface area (Å²) in [5, 5.41) is 11.9. The average Bonchev–Trinajstić information content (AvgIpc) is 2.39. The van der Waals surface area contributed by atoms with Gasteiger partial charge in [-0.2, -0.15) is 11.8 Å². The zero-order valence-electron chi connectivity index (χ0n) is 11.1. The van der Waals surface area contributed by atoms with E-state index in [0.717, 1.165) is 0 Å². The van der Waals surface area contributed by atoms with E-state index < -0.39 is 0 Å². The Morgan fingerprint density at radius 3 is 2.63 bits per heavy atom. The number of ether oxygens (including phenoxy) is 1. The number of amides is 1. The molecule has 4 N–H and O–H groups in total. The number of rotatable bonds is 7. The van der Waals surface area contributed by atoms with Gasteiger partial charge in [0.1, 0.15) is 5.75 Å². The molecule has 1 aromatic carbocycles. The molecule has 2 unspecified atom stereocenters. The number of hydrogen-bond donors (Lipinski definition) is 3. The number of aliphatic hydroxyl groups excluding tert-OH is 1. The van der Waals surface area contributed by atoms with Crippen LogP contribution in [-0.4, -0.2) is 41.8 Å². The summed E-state index contributed by atoms with van der Waals surface area (Å²) < 4.78 is 5.33. The molecule has 0 aliphatic rings. The van der Waals surface area contributed by atoms with Crippen molar-refractivity contribution in [3.8, 4) is 5.75 Å². The van der Waals surface area contributed by atoms with Crippen molar-refractivity contribution in [2.75, 3.05) is 25.2 Å². The number of carbonyl (C=O) groups excluding carboxylic acids is 1. The van der Waals surface area contributed by atoms with Crippen molar-refractivity contribution in [3.05, 3.63) is 24.3 Å². The van der Waals surface area contributed by atoms with Crippen molar-refractivity contribution in [2.24, 2.45) is 0 Å². The molecule has 0 saturated carbocycles. The quantitative estimate of drug-likeness (QED) is 0.647. The van der Waals surface area contributed by atoms with Gasteiger partial charge in [0.25, 0.3) is 5.91 Å². The molecule has 106 valence electrons. The maximum Gasteiger partial charge on any atom is 0.258 e. The Morgan fingerprint density at radius 1 is 1.47 bits per heavy atom.